The van der Waals surface area contributed by atoms with E-state index in [4.69, 9.17) is 5.11 Å². The predicted molar refractivity (Wildman–Crippen MR) is 313 cm³/mol. The molecule has 29 nitrogen and oxygen atoms in total. The lowest BCUT2D eigenvalue weighted by molar-refractivity contribution is -0.140. The number of aliphatic imine (C=N–C) groups is 1. The molecule has 2 aromatic carbocycles. The molecule has 0 spiro atoms. The van der Waals surface area contributed by atoms with Crippen LogP contribution in [0.2, 0.25) is 0 Å². The number of carbonyl (C=O) groups excluding carboxylic acids is 6. The number of hydrogen-bond donors (Lipinski definition) is 12. The first kappa shape index (κ1) is 71.8. The Morgan fingerprint density at radius 2 is 0.920 bits per heavy atom. The zero-order valence-corrected chi connectivity index (χ0v) is 50.4. The molecule has 31 heteroatoms. The molecule has 88 heavy (non-hydrogen) atoms. The van der Waals surface area contributed by atoms with Gasteiger partial charge in [-0.15, -0.1) is 0 Å². The third-order valence-corrected chi connectivity index (χ3v) is 16.3. The highest BCUT2D eigenvalue weighted by Gasteiger charge is 2.41. The van der Waals surface area contributed by atoms with E-state index in [-0.39, 0.29) is 29.1 Å². The van der Waals surface area contributed by atoms with Gasteiger partial charge in [0.25, 0.3) is 20.2 Å². The molecule has 0 bridgehead atoms. The molecule has 2 aromatic rings. The van der Waals surface area contributed by atoms with Gasteiger partial charge in [-0.2, -0.15) is 16.8 Å². The molecule has 0 saturated heterocycles. The highest BCUT2D eigenvalue weighted by molar-refractivity contribution is 7.86. The first-order valence-electron chi connectivity index (χ1n) is 27.7. The van der Waals surface area contributed by atoms with Gasteiger partial charge in [0.2, 0.25) is 29.5 Å². The molecule has 0 aliphatic carbocycles. The minimum Gasteiger partial charge on any atom is -0.481 e. The van der Waals surface area contributed by atoms with Crippen molar-refractivity contribution in [1.29, 1.82) is 0 Å². The largest absolute Gasteiger partial charge is 0.481 e. The topological polar surface area (TPSA) is 473 Å². The third kappa shape index (κ3) is 21.0. The number of anilines is 1. The van der Waals surface area contributed by atoms with Crippen LogP contribution in [0.15, 0.2) is 87.3 Å². The van der Waals surface area contributed by atoms with Crippen molar-refractivity contribution in [2.24, 2.45) is 4.99 Å². The molecular formula is C57H73N7O22S2. The normalized spacial score (nSPS) is 16.3. The van der Waals surface area contributed by atoms with Crippen molar-refractivity contribution in [3.8, 4) is 0 Å². The van der Waals surface area contributed by atoms with E-state index in [1.54, 1.807) is 30.4 Å². The van der Waals surface area contributed by atoms with Gasteiger partial charge in [0.05, 0.1) is 27.2 Å². The summed E-state index contributed by atoms with van der Waals surface area (Å²) >= 11 is 0. The highest BCUT2D eigenvalue weighted by atomic mass is 32.2. The van der Waals surface area contributed by atoms with Crippen LogP contribution < -0.4 is 31.5 Å². The fourth-order valence-corrected chi connectivity index (χ4v) is 10.7. The van der Waals surface area contributed by atoms with Crippen LogP contribution in [-0.4, -0.2) is 159 Å². The van der Waals surface area contributed by atoms with Crippen LogP contribution in [-0.2, 0) is 83.8 Å². The SMILES string of the molecule is CC(=O)[C@@H](CCC(=O)O)NC(=O)[C@@H](CCC(=O)O)NC(=O)[C@@H](CCC(=O)O)NC(=O)[C@@H](CCC(=O)O)NC(=O)[C@@H](CCC(=O)O)NC(=O)CCCCCN1/C(=C/C=C/C=C/C2=Nc3ccc(S(=O)(=O)O)cc3C2(C)C)C(C)(C)c2cc(S(=O)(=O)O)ccc21. The number of benzene rings is 2. The van der Waals surface area contributed by atoms with Gasteiger partial charge in [0.15, 0.2) is 5.78 Å². The number of ketones is 1. The second kappa shape index (κ2) is 31.3. The van der Waals surface area contributed by atoms with Crippen LogP contribution in [0, 0.1) is 0 Å². The van der Waals surface area contributed by atoms with E-state index >= 15 is 0 Å². The van der Waals surface area contributed by atoms with Gasteiger partial charge in [0.1, 0.15) is 24.2 Å². The molecule has 2 heterocycles. The summed E-state index contributed by atoms with van der Waals surface area (Å²) in [5.74, 6) is -13.3. The van der Waals surface area contributed by atoms with Gasteiger partial charge in [-0.3, -0.25) is 66.8 Å². The lowest BCUT2D eigenvalue weighted by atomic mass is 9.81. The summed E-state index contributed by atoms with van der Waals surface area (Å²) in [5.41, 5.74) is 2.14. The lowest BCUT2D eigenvalue weighted by Gasteiger charge is -2.27. The molecule has 4 rings (SSSR count). The molecule has 0 unspecified atom stereocenters. The van der Waals surface area contributed by atoms with Crippen LogP contribution in [0.4, 0.5) is 11.4 Å². The Balaban J connectivity index is 1.49. The zero-order chi connectivity index (χ0) is 66.1. The van der Waals surface area contributed by atoms with Crippen molar-refractivity contribution in [3.05, 3.63) is 83.6 Å². The van der Waals surface area contributed by atoms with E-state index in [1.165, 1.54) is 30.3 Å². The van der Waals surface area contributed by atoms with Crippen LogP contribution in [0.5, 0.6) is 0 Å². The molecule has 12 N–H and O–H groups in total. The second-order valence-electron chi connectivity index (χ2n) is 22.0. The Hall–Kier alpha value is -8.68. The lowest BCUT2D eigenvalue weighted by Crippen LogP contribution is -2.59. The summed E-state index contributed by atoms with van der Waals surface area (Å²) in [7, 11) is -9.05. The Morgan fingerprint density at radius 1 is 0.511 bits per heavy atom. The number of amides is 5. The maximum absolute atomic E-state index is 13.9. The average molecular weight is 1270 g/mol. The minimum absolute atomic E-state index is 0.208. The quantitative estimate of drug-likeness (QED) is 0.0265. The Bertz CT molecular complexity index is 3410. The van der Waals surface area contributed by atoms with Crippen molar-refractivity contribution in [1.82, 2.24) is 26.6 Å². The van der Waals surface area contributed by atoms with Gasteiger partial charge >= 0.3 is 29.8 Å². The summed E-state index contributed by atoms with van der Waals surface area (Å²) in [6.07, 6.45) is 3.13. The van der Waals surface area contributed by atoms with Crippen LogP contribution in [0.1, 0.15) is 136 Å². The van der Waals surface area contributed by atoms with Crippen molar-refractivity contribution < 1.29 is 104 Å². The molecule has 480 valence electrons. The standard InChI is InChI=1S/C57H73N7O22S2/c1-32(65)37(18-24-47(67)68)60-53(78)40(20-26-49(71)72)62-55(80)42(22-28-51(75)76)63-54(79)41(21-27-50(73)74)61-52(77)39(19-25-48(69)70)59-46(66)14-10-7-11-29-64-43-23-16-34(88(84,85)86)31-36(43)57(4,5)45(64)13-9-6-8-12-44-56(2,3)35-30-33(87(81,82)83)15-17-38(35)58-44/h6,8-9,12-13,15-17,23,30-31,37,39-42H,7,10-11,14,18-22,24-29H2,1-5H3,(H,59,66)(H,60,78)(H,61,77)(H,62,80)(H,63,79)(H,67,68)(H,69,70)(H,71,72)(H,73,74)(H,75,76)(H,81,82,83)(H,84,85,86)/b9-6+,12-8+,45-13+/t37-,39-,40-,41-,42-/m1/s1. The molecule has 0 saturated carbocycles. The number of allylic oxidation sites excluding steroid dienone is 6. The number of rotatable bonds is 36. The number of carboxylic acids is 5. The molecule has 0 aromatic heterocycles. The molecule has 0 radical (unpaired) electrons. The van der Waals surface area contributed by atoms with Gasteiger partial charge in [-0.1, -0.05) is 52.3 Å². The van der Waals surface area contributed by atoms with E-state index in [2.05, 4.69) is 31.6 Å². The molecule has 0 fully saturated rings. The zero-order valence-electron chi connectivity index (χ0n) is 48.8. The summed E-state index contributed by atoms with van der Waals surface area (Å²) in [6, 6.07) is -0.149. The summed E-state index contributed by atoms with van der Waals surface area (Å²) < 4.78 is 67.6. The summed E-state index contributed by atoms with van der Waals surface area (Å²) in [4.78, 5) is 144. The third-order valence-electron chi connectivity index (χ3n) is 14.6. The maximum atomic E-state index is 13.9. The Morgan fingerprint density at radius 3 is 1.35 bits per heavy atom. The van der Waals surface area contributed by atoms with Gasteiger partial charge in [-0.25, -0.2) is 0 Å². The van der Waals surface area contributed by atoms with Gasteiger partial charge in [0, 0.05) is 67.3 Å². The number of Topliss-reactive ketones (excluding diaryl/α,β-unsaturated/α-hetero) is 1. The number of carboxylic acid groups (broad SMARTS) is 5. The van der Waals surface area contributed by atoms with E-state index in [0.717, 1.165) is 12.6 Å². The predicted octanol–water partition coefficient (Wildman–Crippen LogP) is 3.24. The fraction of sp³-hybridized carbons (Fsp3) is 0.474. The second-order valence-corrected chi connectivity index (χ2v) is 24.8. The average Bonchev–Trinajstić information content (AvgIpc) is 1.61. The van der Waals surface area contributed by atoms with Crippen molar-refractivity contribution in [3.63, 3.8) is 0 Å². The molecule has 5 atom stereocenters. The first-order valence-corrected chi connectivity index (χ1v) is 30.6. The van der Waals surface area contributed by atoms with Crippen LogP contribution in [0.3, 0.4) is 0 Å². The number of unbranched alkanes of at least 4 members (excludes halogenated alkanes) is 2. The maximum Gasteiger partial charge on any atom is 0.303 e. The van der Waals surface area contributed by atoms with E-state index < -0.39 is 184 Å². The Labute approximate surface area is 506 Å². The van der Waals surface area contributed by atoms with E-state index in [9.17, 15) is 99.1 Å². The van der Waals surface area contributed by atoms with Crippen molar-refractivity contribution >= 4 is 102 Å². The number of hydrogen-bond acceptors (Lipinski definition) is 17. The number of carbonyl (C=O) groups is 11. The molecule has 5 amide bonds. The van der Waals surface area contributed by atoms with Crippen molar-refractivity contribution in [2.75, 3.05) is 11.4 Å². The number of fused-ring (bicyclic) bond motifs is 2. The van der Waals surface area contributed by atoms with Crippen LogP contribution in [0.25, 0.3) is 0 Å². The monoisotopic (exact) mass is 1270 g/mol. The first-order chi connectivity index (χ1) is 40.9. The van der Waals surface area contributed by atoms with E-state index in [1.807, 2.05) is 38.7 Å². The molecule has 2 aliphatic heterocycles. The smallest absolute Gasteiger partial charge is 0.303 e. The highest BCUT2D eigenvalue weighted by Crippen LogP contribution is 2.49. The fourth-order valence-electron chi connectivity index (χ4n) is 9.72. The van der Waals surface area contributed by atoms with Gasteiger partial charge in [-0.05, 0) is 112 Å². The number of nitrogens with one attached hydrogen (secondary N) is 5. The van der Waals surface area contributed by atoms with Gasteiger partial charge < -0.3 is 57.0 Å². The molecular weight excluding hydrogens is 1200 g/mol. The Kier molecular flexibility index (Phi) is 25.5. The minimum atomic E-state index is -4.60. The number of nitrogens with zero attached hydrogens (tertiary/aromatic N) is 2. The number of aliphatic carboxylic acids is 5. The van der Waals surface area contributed by atoms with Crippen LogP contribution >= 0.6 is 0 Å². The summed E-state index contributed by atoms with van der Waals surface area (Å²) in [5, 5.41) is 58.3. The summed E-state index contributed by atoms with van der Waals surface area (Å²) in [6.45, 7) is 8.80. The van der Waals surface area contributed by atoms with E-state index in [0.29, 0.717) is 47.6 Å². The molecule has 2 aliphatic rings. The van der Waals surface area contributed by atoms with Crippen molar-refractivity contribution in [2.45, 2.75) is 175 Å².